The fourth-order valence-electron chi connectivity index (χ4n) is 2.35. The Morgan fingerprint density at radius 2 is 1.35 bits per heavy atom. The van der Waals surface area contributed by atoms with Gasteiger partial charge in [0.2, 0.25) is 0 Å². The van der Waals surface area contributed by atoms with Gasteiger partial charge in [-0.2, -0.15) is 0 Å². The second-order valence-electron chi connectivity index (χ2n) is 5.05. The molecule has 5 heteroatoms. The normalized spacial score (nSPS) is 10.8. The van der Waals surface area contributed by atoms with Gasteiger partial charge in [-0.1, -0.05) is 30.3 Å². The topological polar surface area (TPSA) is 12.9 Å². The van der Waals surface area contributed by atoms with Crippen LogP contribution in [0, 0.1) is 30.2 Å². The van der Waals surface area contributed by atoms with Crippen LogP contribution in [-0.4, -0.2) is 4.98 Å². The van der Waals surface area contributed by atoms with Gasteiger partial charge in [-0.25, -0.2) is 17.6 Å². The minimum atomic E-state index is -1.67. The highest BCUT2D eigenvalue weighted by molar-refractivity contribution is 5.70. The van der Waals surface area contributed by atoms with Gasteiger partial charge in [-0.05, 0) is 24.6 Å². The molecule has 116 valence electrons. The molecule has 0 atom stereocenters. The predicted octanol–water partition coefficient (Wildman–Crippen LogP) is 5.28. The Labute approximate surface area is 130 Å². The molecule has 0 unspecified atom stereocenters. The fourth-order valence-corrected chi connectivity index (χ4v) is 2.35. The van der Waals surface area contributed by atoms with Crippen molar-refractivity contribution in [1.29, 1.82) is 0 Å². The van der Waals surface area contributed by atoms with Crippen molar-refractivity contribution < 1.29 is 17.6 Å². The summed E-state index contributed by atoms with van der Waals surface area (Å²) in [4.78, 5) is 4.17. The molecule has 0 aliphatic rings. The lowest BCUT2D eigenvalue weighted by molar-refractivity contribution is 0.431. The van der Waals surface area contributed by atoms with E-state index in [0.29, 0.717) is 5.69 Å². The predicted molar refractivity (Wildman–Crippen MR) is 79.7 cm³/mol. The summed E-state index contributed by atoms with van der Waals surface area (Å²) < 4.78 is 55.0. The highest BCUT2D eigenvalue weighted by Crippen LogP contribution is 2.32. The minimum Gasteiger partial charge on any atom is -0.256 e. The molecule has 0 aliphatic carbocycles. The highest BCUT2D eigenvalue weighted by Gasteiger charge is 2.23. The van der Waals surface area contributed by atoms with Crippen molar-refractivity contribution in [3.8, 4) is 22.4 Å². The number of rotatable bonds is 2. The third-order valence-corrected chi connectivity index (χ3v) is 3.62. The van der Waals surface area contributed by atoms with Gasteiger partial charge in [0.25, 0.3) is 0 Å². The van der Waals surface area contributed by atoms with E-state index in [2.05, 4.69) is 4.98 Å². The molecule has 1 nitrogen and oxygen atoms in total. The average Bonchev–Trinajstić information content (AvgIpc) is 2.60. The largest absolute Gasteiger partial charge is 0.256 e. The summed E-state index contributed by atoms with van der Waals surface area (Å²) in [6.45, 7) is 1.07. The van der Waals surface area contributed by atoms with E-state index in [4.69, 9.17) is 0 Å². The van der Waals surface area contributed by atoms with E-state index in [1.54, 1.807) is 30.5 Å². The Morgan fingerprint density at radius 3 is 1.96 bits per heavy atom. The van der Waals surface area contributed by atoms with Crippen LogP contribution in [0.3, 0.4) is 0 Å². The zero-order valence-electron chi connectivity index (χ0n) is 12.1. The van der Waals surface area contributed by atoms with Crippen LogP contribution in [0.25, 0.3) is 22.4 Å². The third-order valence-electron chi connectivity index (χ3n) is 3.62. The quantitative estimate of drug-likeness (QED) is 0.356. The van der Waals surface area contributed by atoms with Crippen molar-refractivity contribution in [2.24, 2.45) is 0 Å². The van der Waals surface area contributed by atoms with Gasteiger partial charge in [0.15, 0.2) is 17.5 Å². The van der Waals surface area contributed by atoms with E-state index < -0.39 is 34.4 Å². The van der Waals surface area contributed by atoms with Gasteiger partial charge in [-0.3, -0.25) is 4.98 Å². The van der Waals surface area contributed by atoms with Crippen LogP contribution in [-0.2, 0) is 0 Å². The summed E-state index contributed by atoms with van der Waals surface area (Å²) in [7, 11) is 0. The van der Waals surface area contributed by atoms with E-state index in [1.165, 1.54) is 12.1 Å². The molecule has 23 heavy (non-hydrogen) atoms. The molecule has 3 rings (SSSR count). The first-order valence-electron chi connectivity index (χ1n) is 6.85. The van der Waals surface area contributed by atoms with E-state index in [9.17, 15) is 17.6 Å². The minimum absolute atomic E-state index is 0.127. The molecule has 1 aromatic heterocycles. The Hall–Kier alpha value is -2.69. The summed E-state index contributed by atoms with van der Waals surface area (Å²) in [5.74, 6) is -5.82. The van der Waals surface area contributed by atoms with Crippen molar-refractivity contribution in [2.75, 3.05) is 0 Å². The van der Waals surface area contributed by atoms with Gasteiger partial charge in [0.05, 0.1) is 11.3 Å². The monoisotopic (exact) mass is 317 g/mol. The third kappa shape index (κ3) is 2.59. The van der Waals surface area contributed by atoms with Crippen molar-refractivity contribution in [1.82, 2.24) is 4.98 Å². The molecule has 0 saturated carbocycles. The van der Waals surface area contributed by atoms with Gasteiger partial charge in [0, 0.05) is 17.3 Å². The maximum absolute atomic E-state index is 14.2. The number of nitrogens with zero attached hydrogens (tertiary/aromatic N) is 1. The first-order valence-corrected chi connectivity index (χ1v) is 6.85. The molecule has 0 radical (unpaired) electrons. The van der Waals surface area contributed by atoms with Gasteiger partial charge in [-0.15, -0.1) is 0 Å². The molecule has 3 aromatic rings. The first-order chi connectivity index (χ1) is 11.0. The molecular weight excluding hydrogens is 306 g/mol. The summed E-state index contributed by atoms with van der Waals surface area (Å²) in [5.41, 5.74) is 0.444. The second kappa shape index (κ2) is 5.83. The Bertz CT molecular complexity index is 829. The zero-order valence-corrected chi connectivity index (χ0v) is 12.1. The van der Waals surface area contributed by atoms with E-state index in [0.717, 1.165) is 12.5 Å². The lowest BCUT2D eigenvalue weighted by Gasteiger charge is -2.10. The maximum Gasteiger partial charge on any atom is 0.195 e. The molecule has 1 heterocycles. The maximum atomic E-state index is 14.2. The van der Waals surface area contributed by atoms with E-state index >= 15 is 0 Å². The van der Waals surface area contributed by atoms with Crippen molar-refractivity contribution in [3.63, 3.8) is 0 Å². The molecular formula is C18H11F4N. The lowest BCUT2D eigenvalue weighted by atomic mass is 9.99. The molecule has 2 aromatic carbocycles. The Kier molecular flexibility index (Phi) is 3.86. The molecule has 0 aliphatic heterocycles. The number of halogens is 4. The van der Waals surface area contributed by atoms with Crippen LogP contribution in [0.1, 0.15) is 5.56 Å². The van der Waals surface area contributed by atoms with Gasteiger partial charge >= 0.3 is 0 Å². The molecule has 0 fully saturated rings. The van der Waals surface area contributed by atoms with Gasteiger partial charge < -0.3 is 0 Å². The lowest BCUT2D eigenvalue weighted by Crippen LogP contribution is -2.03. The number of benzene rings is 2. The fraction of sp³-hybridized carbons (Fsp3) is 0.0556. The van der Waals surface area contributed by atoms with Crippen LogP contribution in [0.4, 0.5) is 17.6 Å². The van der Waals surface area contributed by atoms with Gasteiger partial charge in [0.1, 0.15) is 5.82 Å². The molecule has 0 bridgehead atoms. The Morgan fingerprint density at radius 1 is 0.696 bits per heavy atom. The summed E-state index contributed by atoms with van der Waals surface area (Å²) in [5, 5.41) is 0. The molecule has 0 saturated heterocycles. The van der Waals surface area contributed by atoms with Crippen LogP contribution in [0.5, 0.6) is 0 Å². The van der Waals surface area contributed by atoms with Crippen LogP contribution < -0.4 is 0 Å². The van der Waals surface area contributed by atoms with Crippen molar-refractivity contribution in [3.05, 3.63) is 77.5 Å². The summed E-state index contributed by atoms with van der Waals surface area (Å²) >= 11 is 0. The smallest absolute Gasteiger partial charge is 0.195 e. The molecule has 0 spiro atoms. The van der Waals surface area contributed by atoms with E-state index in [1.807, 2.05) is 6.07 Å². The van der Waals surface area contributed by atoms with Crippen LogP contribution in [0.2, 0.25) is 0 Å². The first kappa shape index (κ1) is 15.2. The van der Waals surface area contributed by atoms with Crippen LogP contribution in [0.15, 0.2) is 48.7 Å². The second-order valence-corrected chi connectivity index (χ2v) is 5.05. The Balaban J connectivity index is 2.11. The number of pyridine rings is 1. The highest BCUT2D eigenvalue weighted by atomic mass is 19.2. The van der Waals surface area contributed by atoms with Crippen molar-refractivity contribution in [2.45, 2.75) is 6.92 Å². The molecule has 0 N–H and O–H groups in total. The average molecular weight is 317 g/mol. The number of hydrogen-bond acceptors (Lipinski definition) is 1. The van der Waals surface area contributed by atoms with E-state index in [-0.39, 0.29) is 5.56 Å². The summed E-state index contributed by atoms with van der Waals surface area (Å²) in [6.07, 6.45) is 1.63. The number of hydrogen-bond donors (Lipinski definition) is 0. The van der Waals surface area contributed by atoms with Crippen LogP contribution >= 0.6 is 0 Å². The van der Waals surface area contributed by atoms with Crippen molar-refractivity contribution >= 4 is 0 Å². The molecule has 0 amide bonds. The summed E-state index contributed by atoms with van der Waals surface area (Å²) in [6, 6.07) is 11.5. The standard InChI is InChI=1S/C18H11F4N/c1-10-15(19)14(17(21)18(22)16(10)20)12-7-5-11(6-8-12)13-4-2-3-9-23-13/h2-9H,1H3. The SMILES string of the molecule is Cc1c(F)c(F)c(F)c(-c2ccc(-c3ccccn3)cc2)c1F. The zero-order chi connectivity index (χ0) is 16.6. The number of aromatic nitrogens is 1.